The minimum Gasteiger partial charge on any atom is -0.497 e. The Balaban J connectivity index is 1.44. The van der Waals surface area contributed by atoms with Gasteiger partial charge in [0.25, 0.3) is 0 Å². The molecule has 0 bridgehead atoms. The Morgan fingerprint density at radius 2 is 1.50 bits per heavy atom. The van der Waals surface area contributed by atoms with Gasteiger partial charge < -0.3 is 9.47 Å². The number of carbonyl (C=O) groups excluding carboxylic acids is 1. The Hall–Kier alpha value is -4.18. The first-order valence-electron chi connectivity index (χ1n) is 13.1. The second-order valence-electron chi connectivity index (χ2n) is 9.48. The molecule has 192 valence electrons. The summed E-state index contributed by atoms with van der Waals surface area (Å²) in [6, 6.07) is 23.6. The van der Waals surface area contributed by atoms with Crippen LogP contribution >= 0.6 is 0 Å². The van der Waals surface area contributed by atoms with Gasteiger partial charge in [-0.3, -0.25) is 9.69 Å². The second-order valence-corrected chi connectivity index (χ2v) is 9.48. The molecule has 0 amide bonds. The van der Waals surface area contributed by atoms with E-state index in [4.69, 9.17) is 14.5 Å². The number of aliphatic imine (C=N–C) groups is 1. The molecule has 0 unspecified atom stereocenters. The zero-order chi connectivity index (χ0) is 26.3. The van der Waals surface area contributed by atoms with E-state index >= 15 is 0 Å². The van der Waals surface area contributed by atoms with Crippen LogP contribution in [0.5, 0.6) is 11.5 Å². The third-order valence-electron chi connectivity index (χ3n) is 6.91. The maximum atomic E-state index is 11.8. The lowest BCUT2D eigenvalue weighted by Crippen LogP contribution is -2.25. The molecule has 3 aromatic carbocycles. The van der Waals surface area contributed by atoms with Gasteiger partial charge in [0.05, 0.1) is 18.5 Å². The van der Waals surface area contributed by atoms with E-state index in [1.807, 2.05) is 84.9 Å². The average Bonchev–Trinajstić information content (AvgIpc) is 3.38. The molecule has 0 atom stereocenters. The molecule has 2 aliphatic heterocycles. The maximum Gasteiger partial charge on any atom is 0.159 e. The molecule has 0 saturated carbocycles. The van der Waals surface area contributed by atoms with Gasteiger partial charge in [-0.2, -0.15) is 0 Å². The van der Waals surface area contributed by atoms with Gasteiger partial charge in [-0.05, 0) is 99.1 Å². The summed E-state index contributed by atoms with van der Waals surface area (Å²) in [5.74, 6) is 1.69. The number of hydrogen-bond acceptors (Lipinski definition) is 5. The summed E-state index contributed by atoms with van der Waals surface area (Å²) in [6.07, 6.45) is 6.44. The van der Waals surface area contributed by atoms with Gasteiger partial charge in [0.2, 0.25) is 0 Å². The van der Waals surface area contributed by atoms with Crippen molar-refractivity contribution in [3.63, 3.8) is 0 Å². The highest BCUT2D eigenvalue weighted by molar-refractivity contribution is 6.33. The van der Waals surface area contributed by atoms with E-state index in [1.54, 1.807) is 14.0 Å². The summed E-state index contributed by atoms with van der Waals surface area (Å²) in [5, 5.41) is 0. The summed E-state index contributed by atoms with van der Waals surface area (Å²) in [4.78, 5) is 19.4. The molecule has 1 saturated heterocycles. The Morgan fingerprint density at radius 1 is 0.868 bits per heavy atom. The number of nitrogens with zero attached hydrogens (tertiary/aromatic N) is 2. The number of allylic oxidation sites excluding steroid dienone is 2. The van der Waals surface area contributed by atoms with E-state index in [0.29, 0.717) is 12.2 Å². The molecular weight excluding hydrogens is 472 g/mol. The van der Waals surface area contributed by atoms with E-state index in [9.17, 15) is 4.79 Å². The summed E-state index contributed by atoms with van der Waals surface area (Å²) in [5.41, 5.74) is 9.50. The van der Waals surface area contributed by atoms with E-state index < -0.39 is 0 Å². The SMILES string of the molecule is COc1ccc(C2=CC=C=C(c3ccc(C(C)=O)cc3)C(c3ccc(OCCN4CCCC4)cc3)=N2)cc1. The molecule has 0 aliphatic carbocycles. The molecule has 5 rings (SSSR count). The van der Waals surface area contributed by atoms with Crippen molar-refractivity contribution in [1.29, 1.82) is 0 Å². The van der Waals surface area contributed by atoms with Crippen LogP contribution in [0, 0.1) is 0 Å². The number of likely N-dealkylation sites (tertiary alicyclic amines) is 1. The van der Waals surface area contributed by atoms with Gasteiger partial charge in [0.15, 0.2) is 5.78 Å². The highest BCUT2D eigenvalue weighted by Crippen LogP contribution is 2.29. The van der Waals surface area contributed by atoms with Gasteiger partial charge in [-0.1, -0.05) is 24.3 Å². The van der Waals surface area contributed by atoms with Crippen LogP contribution in [-0.4, -0.2) is 49.7 Å². The number of rotatable bonds is 9. The highest BCUT2D eigenvalue weighted by atomic mass is 16.5. The molecular formula is C33H32N2O3. The standard InChI is InChI=1S/C33H32N2O3/c1-24(36)25-8-10-26(11-9-25)31-6-5-7-32(27-12-16-29(37-2)17-13-27)34-33(31)28-14-18-30(19-15-28)38-23-22-35-20-3-4-21-35/h5,7-19H,3-4,20-23H2,1-2H3. The number of ether oxygens (including phenoxy) is 2. The largest absolute Gasteiger partial charge is 0.497 e. The molecule has 5 nitrogen and oxygen atoms in total. The third kappa shape index (κ3) is 6.03. The van der Waals surface area contributed by atoms with Crippen molar-refractivity contribution < 1.29 is 14.3 Å². The number of ketones is 1. The van der Waals surface area contributed by atoms with E-state index in [0.717, 1.165) is 51.7 Å². The van der Waals surface area contributed by atoms with Crippen LogP contribution in [0.4, 0.5) is 0 Å². The van der Waals surface area contributed by atoms with Crippen LogP contribution in [0.1, 0.15) is 46.8 Å². The van der Waals surface area contributed by atoms with Crippen molar-refractivity contribution in [3.05, 3.63) is 113 Å². The Kier molecular flexibility index (Phi) is 7.98. The molecule has 2 aliphatic rings. The monoisotopic (exact) mass is 504 g/mol. The van der Waals surface area contributed by atoms with Crippen molar-refractivity contribution in [2.24, 2.45) is 4.99 Å². The lowest BCUT2D eigenvalue weighted by atomic mass is 9.95. The normalized spacial score (nSPS) is 15.4. The number of benzene rings is 3. The third-order valence-corrected chi connectivity index (χ3v) is 6.91. The first-order valence-corrected chi connectivity index (χ1v) is 13.1. The van der Waals surface area contributed by atoms with Gasteiger partial charge >= 0.3 is 0 Å². The second kappa shape index (κ2) is 11.9. The fraction of sp³-hybridized carbons (Fsp3) is 0.242. The lowest BCUT2D eigenvalue weighted by molar-refractivity contribution is 0.101. The average molecular weight is 505 g/mol. The number of Topliss-reactive ketones (excluding diaryl/α,β-unsaturated/α-hetero) is 1. The van der Waals surface area contributed by atoms with Crippen LogP contribution < -0.4 is 9.47 Å². The Morgan fingerprint density at radius 3 is 2.16 bits per heavy atom. The van der Waals surface area contributed by atoms with Gasteiger partial charge in [0, 0.05) is 28.8 Å². The van der Waals surface area contributed by atoms with Crippen molar-refractivity contribution in [1.82, 2.24) is 4.90 Å². The molecule has 5 heteroatoms. The molecule has 0 radical (unpaired) electrons. The molecule has 2 heterocycles. The molecule has 38 heavy (non-hydrogen) atoms. The first kappa shape index (κ1) is 25.5. The van der Waals surface area contributed by atoms with Gasteiger partial charge in [-0.15, -0.1) is 5.73 Å². The van der Waals surface area contributed by atoms with E-state index in [2.05, 4.69) is 10.6 Å². The van der Waals surface area contributed by atoms with E-state index in [-0.39, 0.29) is 5.78 Å². The summed E-state index contributed by atoms with van der Waals surface area (Å²) >= 11 is 0. The number of hydrogen-bond donors (Lipinski definition) is 0. The van der Waals surface area contributed by atoms with Crippen molar-refractivity contribution >= 4 is 22.8 Å². The fourth-order valence-corrected chi connectivity index (χ4v) is 4.72. The quantitative estimate of drug-likeness (QED) is 0.248. The van der Waals surface area contributed by atoms with Gasteiger partial charge in [-0.25, -0.2) is 4.99 Å². The first-order chi connectivity index (χ1) is 18.6. The molecule has 0 spiro atoms. The topological polar surface area (TPSA) is 51.1 Å². The van der Waals surface area contributed by atoms with Crippen LogP contribution in [0.15, 0.2) is 95.7 Å². The van der Waals surface area contributed by atoms with Crippen molar-refractivity contribution in [2.75, 3.05) is 33.4 Å². The molecule has 1 fully saturated rings. The predicted octanol–water partition coefficient (Wildman–Crippen LogP) is 6.45. The molecule has 0 aromatic heterocycles. The fourth-order valence-electron chi connectivity index (χ4n) is 4.72. The van der Waals surface area contributed by atoms with Crippen LogP contribution in [0.3, 0.4) is 0 Å². The summed E-state index contributed by atoms with van der Waals surface area (Å²) < 4.78 is 11.4. The van der Waals surface area contributed by atoms with Gasteiger partial charge in [0.1, 0.15) is 18.1 Å². The number of carbonyl (C=O) groups is 1. The highest BCUT2D eigenvalue weighted by Gasteiger charge is 2.17. The van der Waals surface area contributed by atoms with Crippen LogP contribution in [-0.2, 0) is 0 Å². The lowest BCUT2D eigenvalue weighted by Gasteiger charge is -2.15. The van der Waals surface area contributed by atoms with Crippen LogP contribution in [0.2, 0.25) is 0 Å². The zero-order valence-corrected chi connectivity index (χ0v) is 21.9. The van der Waals surface area contributed by atoms with E-state index in [1.165, 1.54) is 25.9 Å². The minimum absolute atomic E-state index is 0.0413. The summed E-state index contributed by atoms with van der Waals surface area (Å²) in [6.45, 7) is 5.55. The number of methoxy groups -OCH3 is 1. The van der Waals surface area contributed by atoms with Crippen molar-refractivity contribution in [2.45, 2.75) is 19.8 Å². The minimum atomic E-state index is 0.0413. The van der Waals surface area contributed by atoms with Crippen LogP contribution in [0.25, 0.3) is 11.3 Å². The Bertz CT molecular complexity index is 1400. The summed E-state index contributed by atoms with van der Waals surface area (Å²) in [7, 11) is 1.66. The Labute approximate surface area is 224 Å². The molecule has 0 N–H and O–H groups in total. The maximum absolute atomic E-state index is 11.8. The zero-order valence-electron chi connectivity index (χ0n) is 21.9. The predicted molar refractivity (Wildman–Crippen MR) is 153 cm³/mol. The molecule has 3 aromatic rings. The van der Waals surface area contributed by atoms with Crippen molar-refractivity contribution in [3.8, 4) is 11.5 Å². The smallest absolute Gasteiger partial charge is 0.159 e.